The molecule has 2 aromatic carbocycles. The zero-order chi connectivity index (χ0) is 16.2. The maximum absolute atomic E-state index is 13.0. The van der Waals surface area contributed by atoms with Gasteiger partial charge in [0.05, 0.1) is 23.3 Å². The normalized spacial score (nSPS) is 18.6. The molecule has 0 bridgehead atoms. The number of anilines is 1. The van der Waals surface area contributed by atoms with Crippen molar-refractivity contribution in [3.8, 4) is 0 Å². The maximum atomic E-state index is 13.0. The van der Waals surface area contributed by atoms with Crippen LogP contribution in [0.4, 0.5) is 5.69 Å². The van der Waals surface area contributed by atoms with Gasteiger partial charge in [0.25, 0.3) is 5.91 Å². The van der Waals surface area contributed by atoms with Crippen molar-refractivity contribution >= 4 is 39.3 Å². The van der Waals surface area contributed by atoms with E-state index in [-0.39, 0.29) is 5.91 Å². The lowest BCUT2D eigenvalue weighted by Crippen LogP contribution is -2.40. The lowest BCUT2D eigenvalue weighted by molar-refractivity contribution is -0.131. The van der Waals surface area contributed by atoms with Gasteiger partial charge in [0.2, 0.25) is 0 Å². The molecule has 0 spiro atoms. The molecule has 1 amide bonds. The monoisotopic (exact) mass is 368 g/mol. The van der Waals surface area contributed by atoms with Crippen LogP contribution in [-0.2, 0) is 4.79 Å². The highest BCUT2D eigenvalue weighted by atomic mass is 79.9. The van der Waals surface area contributed by atoms with Gasteiger partial charge in [-0.15, -0.1) is 0 Å². The summed E-state index contributed by atoms with van der Waals surface area (Å²) in [5.74, 6) is 0.140. The number of benzene rings is 2. The Hall–Kier alpha value is -2.07. The third-order valence-corrected chi connectivity index (χ3v) is 4.96. The van der Waals surface area contributed by atoms with Crippen LogP contribution in [0.2, 0.25) is 0 Å². The van der Waals surface area contributed by atoms with Crippen LogP contribution in [0.5, 0.6) is 0 Å². The van der Waals surface area contributed by atoms with E-state index in [1.165, 1.54) is 0 Å². The molecular weight excluding hydrogens is 352 g/mol. The highest BCUT2D eigenvalue weighted by molar-refractivity contribution is 9.10. The molecule has 116 valence electrons. The second kappa shape index (κ2) is 4.96. The summed E-state index contributed by atoms with van der Waals surface area (Å²) >= 11 is 3.47. The Morgan fingerprint density at radius 2 is 1.74 bits per heavy atom. The van der Waals surface area contributed by atoms with E-state index in [0.717, 1.165) is 27.0 Å². The molecule has 0 atom stereocenters. The number of rotatable bonds is 1. The van der Waals surface area contributed by atoms with Gasteiger partial charge in [0.1, 0.15) is 0 Å². The summed E-state index contributed by atoms with van der Waals surface area (Å²) < 4.78 is 1.03. The van der Waals surface area contributed by atoms with Crippen molar-refractivity contribution in [2.24, 2.45) is 5.41 Å². The topological polar surface area (TPSA) is 23.6 Å². The Morgan fingerprint density at radius 3 is 2.48 bits per heavy atom. The van der Waals surface area contributed by atoms with Gasteiger partial charge in [0, 0.05) is 15.6 Å². The van der Waals surface area contributed by atoms with Crippen molar-refractivity contribution in [2.45, 2.75) is 13.8 Å². The van der Waals surface area contributed by atoms with Gasteiger partial charge in [-0.05, 0) is 38.1 Å². The van der Waals surface area contributed by atoms with E-state index < -0.39 is 5.41 Å². The summed E-state index contributed by atoms with van der Waals surface area (Å²) in [5, 5.41) is 3.95. The van der Waals surface area contributed by atoms with Crippen molar-refractivity contribution in [3.63, 3.8) is 0 Å². The molecule has 4 rings (SSSR count). The zero-order valence-corrected chi connectivity index (χ0v) is 14.7. The maximum Gasteiger partial charge on any atom is 0.253 e. The van der Waals surface area contributed by atoms with Crippen molar-refractivity contribution in [3.05, 3.63) is 64.1 Å². The Kier molecular flexibility index (Phi) is 3.13. The Morgan fingerprint density at radius 1 is 1.04 bits per heavy atom. The minimum Gasteiger partial charge on any atom is -0.277 e. The van der Waals surface area contributed by atoms with Gasteiger partial charge >= 0.3 is 0 Å². The highest BCUT2D eigenvalue weighted by Crippen LogP contribution is 2.44. The molecule has 1 saturated heterocycles. The van der Waals surface area contributed by atoms with Crippen LogP contribution in [0.3, 0.4) is 0 Å². The number of hydrogen-bond acceptors (Lipinski definition) is 2. The SMILES string of the molecule is CC1(C)CN2c3ccccc3C=C(c3ccc(Br)cc3)N2C1=O. The smallest absolute Gasteiger partial charge is 0.253 e. The second-order valence-corrected chi connectivity index (χ2v) is 7.57. The first-order valence-electron chi connectivity index (χ1n) is 7.66. The molecule has 1 fully saturated rings. The number of amides is 1. The van der Waals surface area contributed by atoms with Crippen molar-refractivity contribution in [1.29, 1.82) is 0 Å². The molecule has 23 heavy (non-hydrogen) atoms. The first-order chi connectivity index (χ1) is 11.0. The van der Waals surface area contributed by atoms with Crippen LogP contribution in [-0.4, -0.2) is 17.5 Å². The molecule has 0 aromatic heterocycles. The molecule has 0 aliphatic carbocycles. The van der Waals surface area contributed by atoms with Crippen molar-refractivity contribution < 1.29 is 4.79 Å². The van der Waals surface area contributed by atoms with Gasteiger partial charge < -0.3 is 0 Å². The zero-order valence-electron chi connectivity index (χ0n) is 13.1. The minimum atomic E-state index is -0.397. The summed E-state index contributed by atoms with van der Waals surface area (Å²) in [6.07, 6.45) is 2.11. The van der Waals surface area contributed by atoms with Crippen LogP contribution in [0.1, 0.15) is 25.0 Å². The molecule has 2 aromatic rings. The number of carbonyl (C=O) groups excluding carboxylic acids is 1. The predicted molar refractivity (Wildman–Crippen MR) is 96.4 cm³/mol. The Bertz CT molecular complexity index is 824. The Labute approximate surface area is 144 Å². The van der Waals surface area contributed by atoms with Gasteiger partial charge in [0.15, 0.2) is 0 Å². The van der Waals surface area contributed by atoms with Crippen LogP contribution < -0.4 is 5.01 Å². The molecule has 2 aliphatic heterocycles. The first-order valence-corrected chi connectivity index (χ1v) is 8.45. The third kappa shape index (κ3) is 2.20. The van der Waals surface area contributed by atoms with E-state index >= 15 is 0 Å². The molecule has 2 aliphatic rings. The van der Waals surface area contributed by atoms with Crippen LogP contribution in [0, 0.1) is 5.41 Å². The third-order valence-electron chi connectivity index (χ3n) is 4.43. The lowest BCUT2D eigenvalue weighted by atomic mass is 9.94. The molecule has 2 heterocycles. The standard InChI is InChI=1S/C19H17BrN2O/c1-19(2)12-21-16-6-4-3-5-14(16)11-17(22(21)18(19)23)13-7-9-15(20)10-8-13/h3-11H,12H2,1-2H3. The number of carbonyl (C=O) groups is 1. The van der Waals surface area contributed by atoms with Gasteiger partial charge in [-0.2, -0.15) is 0 Å². The van der Waals surface area contributed by atoms with Crippen molar-refractivity contribution in [1.82, 2.24) is 5.01 Å². The molecule has 0 unspecified atom stereocenters. The number of hydrazine groups is 1. The number of para-hydroxylation sites is 1. The van der Waals surface area contributed by atoms with Gasteiger partial charge in [-0.25, -0.2) is 5.01 Å². The largest absolute Gasteiger partial charge is 0.277 e. The number of halogens is 1. The van der Waals surface area contributed by atoms with Crippen molar-refractivity contribution in [2.75, 3.05) is 11.6 Å². The summed E-state index contributed by atoms with van der Waals surface area (Å²) in [6.45, 7) is 4.71. The summed E-state index contributed by atoms with van der Waals surface area (Å²) in [4.78, 5) is 13.0. The fourth-order valence-electron chi connectivity index (χ4n) is 3.22. The minimum absolute atomic E-state index is 0.140. The lowest BCUT2D eigenvalue weighted by Gasteiger charge is -2.36. The summed E-state index contributed by atoms with van der Waals surface area (Å²) in [7, 11) is 0. The van der Waals surface area contributed by atoms with E-state index in [1.807, 2.05) is 55.3 Å². The molecule has 4 heteroatoms. The average molecular weight is 369 g/mol. The quantitative estimate of drug-likeness (QED) is 0.736. The number of fused-ring (bicyclic) bond motifs is 3. The van der Waals surface area contributed by atoms with E-state index in [9.17, 15) is 4.79 Å². The van der Waals surface area contributed by atoms with E-state index in [2.05, 4.69) is 39.1 Å². The van der Waals surface area contributed by atoms with Gasteiger partial charge in [-0.3, -0.25) is 9.80 Å². The average Bonchev–Trinajstić information content (AvgIpc) is 2.78. The highest BCUT2D eigenvalue weighted by Gasteiger charge is 2.47. The van der Waals surface area contributed by atoms with E-state index in [4.69, 9.17) is 0 Å². The molecule has 0 saturated carbocycles. The first kappa shape index (κ1) is 14.5. The molecule has 0 radical (unpaired) electrons. The molecular formula is C19H17BrN2O. The Balaban J connectivity index is 1.92. The number of nitrogens with zero attached hydrogens (tertiary/aromatic N) is 2. The van der Waals surface area contributed by atoms with E-state index in [1.54, 1.807) is 0 Å². The summed E-state index contributed by atoms with van der Waals surface area (Å²) in [5.41, 5.74) is 3.82. The van der Waals surface area contributed by atoms with Crippen LogP contribution in [0.15, 0.2) is 53.0 Å². The van der Waals surface area contributed by atoms with Gasteiger partial charge in [-0.1, -0.05) is 46.3 Å². The fourth-order valence-corrected chi connectivity index (χ4v) is 3.49. The molecule has 0 N–H and O–H groups in total. The second-order valence-electron chi connectivity index (χ2n) is 6.65. The molecule has 3 nitrogen and oxygen atoms in total. The summed E-state index contributed by atoms with van der Waals surface area (Å²) in [6, 6.07) is 16.3. The van der Waals surface area contributed by atoms with E-state index in [0.29, 0.717) is 6.54 Å². The van der Waals surface area contributed by atoms with Crippen LogP contribution in [0.25, 0.3) is 11.8 Å². The predicted octanol–water partition coefficient (Wildman–Crippen LogP) is 4.55. The van der Waals surface area contributed by atoms with Crippen LogP contribution >= 0.6 is 15.9 Å². The number of hydrogen-bond donors (Lipinski definition) is 0. The fraction of sp³-hybridized carbons (Fsp3) is 0.211.